The minimum Gasteiger partial charge on any atom is -0.508 e. The van der Waals surface area contributed by atoms with Gasteiger partial charge in [-0.15, -0.1) is 0 Å². The van der Waals surface area contributed by atoms with Crippen LogP contribution in [0.15, 0.2) is 81.2 Å². The van der Waals surface area contributed by atoms with Crippen molar-refractivity contribution < 1.29 is 28.6 Å². The zero-order valence-electron chi connectivity index (χ0n) is 14.0. The highest BCUT2D eigenvalue weighted by atomic mass is 16.3. The molecule has 1 amide bonds. The lowest BCUT2D eigenvalue weighted by Gasteiger charge is -2.25. The molecule has 27 heavy (non-hydrogen) atoms. The second-order valence-corrected chi connectivity index (χ2v) is 6.08. The third kappa shape index (κ3) is 2.89. The van der Waals surface area contributed by atoms with E-state index in [4.69, 9.17) is 8.83 Å². The first-order valence-corrected chi connectivity index (χ1v) is 8.20. The SMILES string of the molecule is O=C(C1=C(O)C(=O)N(Cc2ccco2)C1c1ccc(O)cc1)c1ccco1. The summed E-state index contributed by atoms with van der Waals surface area (Å²) in [5.74, 6) is -1.31. The molecule has 1 aliphatic heterocycles. The molecule has 1 aromatic carbocycles. The summed E-state index contributed by atoms with van der Waals surface area (Å²) in [6.45, 7) is 0.0658. The van der Waals surface area contributed by atoms with E-state index < -0.39 is 23.5 Å². The molecule has 3 heterocycles. The number of nitrogens with zero attached hydrogens (tertiary/aromatic N) is 1. The molecule has 136 valence electrons. The summed E-state index contributed by atoms with van der Waals surface area (Å²) < 4.78 is 10.5. The van der Waals surface area contributed by atoms with Crippen LogP contribution in [-0.4, -0.2) is 26.8 Å². The minimum absolute atomic E-state index is 0.0213. The van der Waals surface area contributed by atoms with Gasteiger partial charge in [-0.2, -0.15) is 0 Å². The number of carbonyl (C=O) groups is 2. The van der Waals surface area contributed by atoms with E-state index in [9.17, 15) is 19.8 Å². The maximum absolute atomic E-state index is 12.9. The fraction of sp³-hybridized carbons (Fsp3) is 0.100. The molecule has 0 spiro atoms. The lowest BCUT2D eigenvalue weighted by atomic mass is 9.95. The van der Waals surface area contributed by atoms with Gasteiger partial charge in [0.05, 0.1) is 30.7 Å². The van der Waals surface area contributed by atoms with Crippen LogP contribution < -0.4 is 0 Å². The first kappa shape index (κ1) is 16.7. The summed E-state index contributed by atoms with van der Waals surface area (Å²) in [7, 11) is 0. The number of phenolic OH excluding ortho intramolecular Hbond substituents is 1. The third-order valence-electron chi connectivity index (χ3n) is 4.41. The Kier molecular flexibility index (Phi) is 4.04. The molecule has 3 aromatic rings. The Balaban J connectivity index is 1.80. The predicted octanol–water partition coefficient (Wildman–Crippen LogP) is 3.36. The molecule has 0 bridgehead atoms. The summed E-state index contributed by atoms with van der Waals surface area (Å²) in [5.41, 5.74) is 0.485. The average Bonchev–Trinajstić information content (AvgIpc) is 3.41. The number of amides is 1. The van der Waals surface area contributed by atoms with Gasteiger partial charge in [-0.05, 0) is 42.0 Å². The number of hydrogen-bond acceptors (Lipinski definition) is 6. The highest BCUT2D eigenvalue weighted by Gasteiger charge is 2.44. The Morgan fingerprint density at radius 1 is 1.00 bits per heavy atom. The van der Waals surface area contributed by atoms with Gasteiger partial charge in [0.25, 0.3) is 5.91 Å². The number of aliphatic hydroxyl groups excluding tert-OH is 1. The Morgan fingerprint density at radius 3 is 2.33 bits per heavy atom. The van der Waals surface area contributed by atoms with Crippen molar-refractivity contribution in [2.24, 2.45) is 0 Å². The van der Waals surface area contributed by atoms with Crippen molar-refractivity contribution in [2.45, 2.75) is 12.6 Å². The third-order valence-corrected chi connectivity index (χ3v) is 4.41. The van der Waals surface area contributed by atoms with E-state index in [1.807, 2.05) is 0 Å². The monoisotopic (exact) mass is 365 g/mol. The molecular weight excluding hydrogens is 350 g/mol. The van der Waals surface area contributed by atoms with Crippen LogP contribution >= 0.6 is 0 Å². The Morgan fingerprint density at radius 2 is 1.70 bits per heavy atom. The van der Waals surface area contributed by atoms with E-state index in [0.29, 0.717) is 11.3 Å². The van der Waals surface area contributed by atoms with Gasteiger partial charge in [0.15, 0.2) is 11.5 Å². The van der Waals surface area contributed by atoms with Gasteiger partial charge in [-0.1, -0.05) is 12.1 Å². The zero-order chi connectivity index (χ0) is 19.0. The average molecular weight is 365 g/mol. The topological polar surface area (TPSA) is 104 Å². The van der Waals surface area contributed by atoms with E-state index in [1.165, 1.54) is 35.6 Å². The van der Waals surface area contributed by atoms with Gasteiger partial charge in [-0.25, -0.2) is 0 Å². The van der Waals surface area contributed by atoms with E-state index in [1.54, 1.807) is 30.3 Å². The molecule has 0 fully saturated rings. The lowest BCUT2D eigenvalue weighted by Crippen LogP contribution is -2.30. The summed E-state index contributed by atoms with van der Waals surface area (Å²) in [5, 5.41) is 20.0. The van der Waals surface area contributed by atoms with Crippen LogP contribution in [0.2, 0.25) is 0 Å². The molecule has 2 N–H and O–H groups in total. The van der Waals surface area contributed by atoms with E-state index in [2.05, 4.69) is 0 Å². The highest BCUT2D eigenvalue weighted by Crippen LogP contribution is 2.40. The van der Waals surface area contributed by atoms with Crippen LogP contribution in [0, 0.1) is 0 Å². The van der Waals surface area contributed by atoms with Crippen molar-refractivity contribution in [3.8, 4) is 5.75 Å². The van der Waals surface area contributed by atoms with Gasteiger partial charge in [-0.3, -0.25) is 9.59 Å². The summed E-state index contributed by atoms with van der Waals surface area (Å²) in [6, 6.07) is 11.7. The second-order valence-electron chi connectivity index (χ2n) is 6.08. The predicted molar refractivity (Wildman–Crippen MR) is 92.8 cm³/mol. The molecule has 2 aromatic heterocycles. The van der Waals surface area contributed by atoms with Crippen LogP contribution in [-0.2, 0) is 11.3 Å². The van der Waals surface area contributed by atoms with Crippen molar-refractivity contribution in [2.75, 3.05) is 0 Å². The number of Topliss-reactive ketones (excluding diaryl/α,β-unsaturated/α-hetero) is 1. The molecule has 1 atom stereocenters. The van der Waals surface area contributed by atoms with E-state index >= 15 is 0 Å². The molecule has 0 saturated heterocycles. The zero-order valence-corrected chi connectivity index (χ0v) is 14.0. The smallest absolute Gasteiger partial charge is 0.290 e. The maximum atomic E-state index is 12.9. The standard InChI is InChI=1S/C20H15NO6/c22-13-7-5-12(6-8-13)17-16(18(23)15-4-2-10-27-15)19(24)20(25)21(17)11-14-3-1-9-26-14/h1-10,17,22,24H,11H2. The number of ketones is 1. The van der Waals surface area contributed by atoms with Crippen molar-refractivity contribution >= 4 is 11.7 Å². The van der Waals surface area contributed by atoms with Crippen LogP contribution in [0.4, 0.5) is 0 Å². The number of benzene rings is 1. The van der Waals surface area contributed by atoms with E-state index in [-0.39, 0.29) is 23.6 Å². The minimum atomic E-state index is -0.846. The molecule has 0 radical (unpaired) electrons. The number of aromatic hydroxyl groups is 1. The van der Waals surface area contributed by atoms with Gasteiger partial charge >= 0.3 is 0 Å². The second kappa shape index (κ2) is 6.53. The number of aliphatic hydroxyl groups is 1. The number of furan rings is 2. The van der Waals surface area contributed by atoms with Gasteiger partial charge in [0.2, 0.25) is 5.78 Å². The number of hydrogen-bond donors (Lipinski definition) is 2. The first-order valence-electron chi connectivity index (χ1n) is 8.20. The molecule has 7 heteroatoms. The molecule has 0 saturated carbocycles. The van der Waals surface area contributed by atoms with Crippen LogP contribution in [0.5, 0.6) is 5.75 Å². The van der Waals surface area contributed by atoms with Crippen molar-refractivity contribution in [1.29, 1.82) is 0 Å². The molecular formula is C20H15NO6. The summed E-state index contributed by atoms with van der Waals surface area (Å²) >= 11 is 0. The van der Waals surface area contributed by atoms with Gasteiger partial charge in [0.1, 0.15) is 11.5 Å². The van der Waals surface area contributed by atoms with Crippen molar-refractivity contribution in [3.63, 3.8) is 0 Å². The van der Waals surface area contributed by atoms with E-state index in [0.717, 1.165) is 0 Å². The number of rotatable bonds is 5. The molecule has 0 aliphatic carbocycles. The quantitative estimate of drug-likeness (QED) is 0.672. The van der Waals surface area contributed by atoms with Crippen LogP contribution in [0.1, 0.15) is 27.9 Å². The fourth-order valence-corrected chi connectivity index (χ4v) is 3.16. The van der Waals surface area contributed by atoms with Crippen molar-refractivity contribution in [3.05, 3.63) is 89.5 Å². The summed E-state index contributed by atoms with van der Waals surface area (Å²) in [6.07, 6.45) is 2.82. The van der Waals surface area contributed by atoms with Crippen molar-refractivity contribution in [1.82, 2.24) is 4.90 Å². The number of carbonyl (C=O) groups excluding carboxylic acids is 2. The van der Waals surface area contributed by atoms with Crippen LogP contribution in [0.25, 0.3) is 0 Å². The Bertz CT molecular complexity index is 999. The normalized spacial score (nSPS) is 17.0. The molecule has 1 aliphatic rings. The fourth-order valence-electron chi connectivity index (χ4n) is 3.16. The highest BCUT2D eigenvalue weighted by molar-refractivity contribution is 6.14. The first-order chi connectivity index (χ1) is 13.1. The molecule has 7 nitrogen and oxygen atoms in total. The van der Waals surface area contributed by atoms with Gasteiger partial charge < -0.3 is 23.9 Å². The number of phenols is 1. The van der Waals surface area contributed by atoms with Gasteiger partial charge in [0, 0.05) is 0 Å². The lowest BCUT2D eigenvalue weighted by molar-refractivity contribution is -0.130. The van der Waals surface area contributed by atoms with Crippen LogP contribution in [0.3, 0.4) is 0 Å². The Hall–Kier alpha value is -3.74. The Labute approximate surface area is 153 Å². The molecule has 4 rings (SSSR count). The largest absolute Gasteiger partial charge is 0.508 e. The molecule has 1 unspecified atom stereocenters. The maximum Gasteiger partial charge on any atom is 0.290 e. The summed E-state index contributed by atoms with van der Waals surface area (Å²) in [4.78, 5) is 27.0.